The third-order valence-electron chi connectivity index (χ3n) is 5.57. The van der Waals surface area contributed by atoms with E-state index in [2.05, 4.69) is 4.98 Å². The first kappa shape index (κ1) is 22.5. The van der Waals surface area contributed by atoms with Gasteiger partial charge in [-0.2, -0.15) is 4.31 Å². The van der Waals surface area contributed by atoms with Gasteiger partial charge in [-0.1, -0.05) is 13.0 Å². The monoisotopic (exact) mass is 480 g/mol. The van der Waals surface area contributed by atoms with Gasteiger partial charge in [0.15, 0.2) is 0 Å². The lowest BCUT2D eigenvalue weighted by atomic mass is 10.2. The molecule has 1 aromatic carbocycles. The van der Waals surface area contributed by atoms with Crippen molar-refractivity contribution in [2.24, 2.45) is 5.92 Å². The Bertz CT molecular complexity index is 1230. The molecule has 0 aliphatic carbocycles. The minimum Gasteiger partial charge on any atom is -0.495 e. The number of anilines is 2. The van der Waals surface area contributed by atoms with Crippen molar-refractivity contribution in [3.8, 4) is 5.75 Å². The maximum absolute atomic E-state index is 13.4. The number of hydrogen-bond donors (Lipinski definition) is 0. The molecule has 2 aliphatic heterocycles. The topological polar surface area (TPSA) is 117 Å². The van der Waals surface area contributed by atoms with Gasteiger partial charge < -0.3 is 9.64 Å². The Morgan fingerprint density at radius 3 is 2.38 bits per heavy atom. The van der Waals surface area contributed by atoms with Crippen LogP contribution >= 0.6 is 0 Å². The molecule has 12 heteroatoms. The number of pyridine rings is 1. The summed E-state index contributed by atoms with van der Waals surface area (Å²) in [6.45, 7) is 2.89. The molecule has 1 amide bonds. The van der Waals surface area contributed by atoms with Crippen LogP contribution in [0.5, 0.6) is 5.75 Å². The van der Waals surface area contributed by atoms with Gasteiger partial charge in [0, 0.05) is 32.4 Å². The number of rotatable bonds is 5. The minimum absolute atomic E-state index is 0.00848. The number of hydrogen-bond acceptors (Lipinski definition) is 8. The summed E-state index contributed by atoms with van der Waals surface area (Å²) < 4.78 is 59.1. The highest BCUT2D eigenvalue weighted by Crippen LogP contribution is 2.35. The number of piperazine rings is 1. The molecule has 1 aromatic heterocycles. The predicted molar refractivity (Wildman–Crippen MR) is 119 cm³/mol. The van der Waals surface area contributed by atoms with Crippen LogP contribution in [0.1, 0.15) is 6.92 Å². The number of amides is 1. The number of carbonyl (C=O) groups excluding carboxylic acids is 1. The Morgan fingerprint density at radius 2 is 1.81 bits per heavy atom. The molecule has 0 spiro atoms. The predicted octanol–water partition coefficient (Wildman–Crippen LogP) is 0.914. The Balaban J connectivity index is 1.64. The van der Waals surface area contributed by atoms with Crippen LogP contribution in [0.3, 0.4) is 0 Å². The molecule has 2 aliphatic rings. The van der Waals surface area contributed by atoms with E-state index in [1.165, 1.54) is 36.5 Å². The van der Waals surface area contributed by atoms with E-state index in [0.29, 0.717) is 17.4 Å². The van der Waals surface area contributed by atoms with Gasteiger partial charge in [-0.25, -0.2) is 26.1 Å². The van der Waals surface area contributed by atoms with Crippen LogP contribution in [-0.2, 0) is 24.8 Å². The average molecular weight is 481 g/mol. The van der Waals surface area contributed by atoms with Crippen molar-refractivity contribution in [1.29, 1.82) is 0 Å². The summed E-state index contributed by atoms with van der Waals surface area (Å²) in [6, 6.07) is 9.51. The first-order valence-electron chi connectivity index (χ1n) is 10.1. The quantitative estimate of drug-likeness (QED) is 0.620. The SMILES string of the molecule is COc1ccc(N2C(=O)C(C)CS2(=O)=O)cc1S(=O)(=O)N1CCN(c2ccccn2)CC1. The van der Waals surface area contributed by atoms with E-state index in [0.717, 1.165) is 5.82 Å². The van der Waals surface area contributed by atoms with E-state index in [1.54, 1.807) is 6.20 Å². The van der Waals surface area contributed by atoms with Crippen molar-refractivity contribution >= 4 is 37.5 Å². The van der Waals surface area contributed by atoms with Crippen LogP contribution < -0.4 is 13.9 Å². The summed E-state index contributed by atoms with van der Waals surface area (Å²) in [7, 11) is -6.52. The van der Waals surface area contributed by atoms with Crippen LogP contribution in [0, 0.1) is 5.92 Å². The molecule has 2 fully saturated rings. The van der Waals surface area contributed by atoms with Crippen LogP contribution in [0.2, 0.25) is 0 Å². The molecular weight excluding hydrogens is 456 g/mol. The Morgan fingerprint density at radius 1 is 1.09 bits per heavy atom. The van der Waals surface area contributed by atoms with Gasteiger partial charge in [-0.15, -0.1) is 0 Å². The number of nitrogens with zero attached hydrogens (tertiary/aromatic N) is 4. The van der Waals surface area contributed by atoms with Crippen LogP contribution in [0.4, 0.5) is 11.5 Å². The third kappa shape index (κ3) is 3.93. The standard InChI is InChI=1S/C20H24N4O6S2/c1-15-14-31(26,27)24(20(15)25)16-6-7-17(30-2)18(13-16)32(28,29)23-11-9-22(10-12-23)19-5-3-4-8-21-19/h3-8,13,15H,9-12,14H2,1-2H3. The van der Waals surface area contributed by atoms with Crippen LogP contribution in [-0.4, -0.2) is 71.1 Å². The Kier molecular flexibility index (Phi) is 5.86. The summed E-state index contributed by atoms with van der Waals surface area (Å²) in [5.41, 5.74) is -0.00848. The fourth-order valence-electron chi connectivity index (χ4n) is 3.92. The molecule has 172 valence electrons. The lowest BCUT2D eigenvalue weighted by molar-refractivity contribution is -0.119. The number of carbonyl (C=O) groups is 1. The molecule has 0 N–H and O–H groups in total. The zero-order valence-corrected chi connectivity index (χ0v) is 19.3. The molecular formula is C20H24N4O6S2. The van der Waals surface area contributed by atoms with E-state index in [9.17, 15) is 21.6 Å². The largest absolute Gasteiger partial charge is 0.495 e. The molecule has 0 radical (unpaired) electrons. The van der Waals surface area contributed by atoms with E-state index in [1.807, 2.05) is 23.1 Å². The average Bonchev–Trinajstić information content (AvgIpc) is 3.00. The first-order chi connectivity index (χ1) is 15.1. The highest BCUT2D eigenvalue weighted by molar-refractivity contribution is 7.94. The maximum atomic E-state index is 13.4. The first-order valence-corrected chi connectivity index (χ1v) is 13.1. The molecule has 3 heterocycles. The number of ether oxygens (including phenoxy) is 1. The molecule has 32 heavy (non-hydrogen) atoms. The van der Waals surface area contributed by atoms with E-state index in [4.69, 9.17) is 4.74 Å². The summed E-state index contributed by atoms with van der Waals surface area (Å²) in [5, 5.41) is 0. The smallest absolute Gasteiger partial charge is 0.246 e. The van der Waals surface area contributed by atoms with Crippen molar-refractivity contribution in [3.63, 3.8) is 0 Å². The second kappa shape index (κ2) is 8.34. The van der Waals surface area contributed by atoms with E-state index >= 15 is 0 Å². The van der Waals surface area contributed by atoms with Gasteiger partial charge in [-0.05, 0) is 30.3 Å². The van der Waals surface area contributed by atoms with Gasteiger partial charge in [-0.3, -0.25) is 4.79 Å². The lowest BCUT2D eigenvalue weighted by Crippen LogP contribution is -2.49. The highest BCUT2D eigenvalue weighted by Gasteiger charge is 2.43. The lowest BCUT2D eigenvalue weighted by Gasteiger charge is -2.34. The summed E-state index contributed by atoms with van der Waals surface area (Å²) in [4.78, 5) is 18.6. The summed E-state index contributed by atoms with van der Waals surface area (Å²) >= 11 is 0. The van der Waals surface area contributed by atoms with Gasteiger partial charge in [0.2, 0.25) is 26.0 Å². The molecule has 2 saturated heterocycles. The molecule has 0 bridgehead atoms. The minimum atomic E-state index is -4.00. The van der Waals surface area contributed by atoms with E-state index in [-0.39, 0.29) is 35.2 Å². The van der Waals surface area contributed by atoms with Crippen LogP contribution in [0.15, 0.2) is 47.5 Å². The van der Waals surface area contributed by atoms with E-state index < -0.39 is 31.9 Å². The van der Waals surface area contributed by atoms with Crippen molar-refractivity contribution in [2.75, 3.05) is 48.2 Å². The molecule has 1 atom stereocenters. The zero-order chi connectivity index (χ0) is 23.1. The van der Waals surface area contributed by atoms with Crippen molar-refractivity contribution in [2.45, 2.75) is 11.8 Å². The molecule has 1 unspecified atom stereocenters. The van der Waals surface area contributed by atoms with Crippen molar-refractivity contribution in [1.82, 2.24) is 9.29 Å². The van der Waals surface area contributed by atoms with Crippen molar-refractivity contribution in [3.05, 3.63) is 42.6 Å². The third-order valence-corrected chi connectivity index (χ3v) is 9.36. The number of benzene rings is 1. The van der Waals surface area contributed by atoms with Crippen LogP contribution in [0.25, 0.3) is 0 Å². The number of methoxy groups -OCH3 is 1. The second-order valence-corrected chi connectivity index (χ2v) is 11.5. The van der Waals surface area contributed by atoms with Gasteiger partial charge in [0.1, 0.15) is 16.5 Å². The van der Waals surface area contributed by atoms with Gasteiger partial charge in [0.25, 0.3) is 0 Å². The molecule has 2 aromatic rings. The summed E-state index contributed by atoms with van der Waals surface area (Å²) in [6.07, 6.45) is 1.68. The second-order valence-electron chi connectivity index (χ2n) is 7.70. The fourth-order valence-corrected chi connectivity index (χ4v) is 7.33. The Labute approximate surface area is 187 Å². The normalized spacial score (nSPS) is 21.7. The van der Waals surface area contributed by atoms with Gasteiger partial charge >= 0.3 is 0 Å². The Hall–Kier alpha value is -2.70. The fraction of sp³-hybridized carbons (Fsp3) is 0.400. The summed E-state index contributed by atoms with van der Waals surface area (Å²) in [5.74, 6) is -0.728. The molecule has 0 saturated carbocycles. The number of sulfonamides is 2. The molecule has 4 rings (SSSR count). The number of aromatic nitrogens is 1. The van der Waals surface area contributed by atoms with Crippen molar-refractivity contribution < 1.29 is 26.4 Å². The van der Waals surface area contributed by atoms with Gasteiger partial charge in [0.05, 0.1) is 24.5 Å². The highest BCUT2D eigenvalue weighted by atomic mass is 32.2. The molecule has 10 nitrogen and oxygen atoms in total. The zero-order valence-electron chi connectivity index (χ0n) is 17.7. The maximum Gasteiger partial charge on any atom is 0.246 e.